The number of H-pyrrole nitrogens is 1. The van der Waals surface area contributed by atoms with E-state index in [4.69, 9.17) is 0 Å². The molecule has 0 bridgehead atoms. The van der Waals surface area contributed by atoms with Crippen molar-refractivity contribution in [2.75, 3.05) is 20.6 Å². The number of rotatable bonds is 3. The highest BCUT2D eigenvalue weighted by atomic mass is 16.1. The van der Waals surface area contributed by atoms with Crippen LogP contribution in [0, 0.1) is 0 Å². The summed E-state index contributed by atoms with van der Waals surface area (Å²) in [6, 6.07) is 7.96. The molecule has 0 fully saturated rings. The fourth-order valence-corrected chi connectivity index (χ4v) is 1.75. The zero-order valence-electron chi connectivity index (χ0n) is 9.66. The highest BCUT2D eigenvalue weighted by molar-refractivity contribution is 5.81. The van der Waals surface area contributed by atoms with Gasteiger partial charge in [0.1, 0.15) is 0 Å². The Bertz CT molecular complexity index is 543. The molecule has 0 aliphatic rings. The molecule has 1 aromatic carbocycles. The van der Waals surface area contributed by atoms with E-state index in [1.54, 1.807) is 6.20 Å². The lowest BCUT2D eigenvalue weighted by Gasteiger charge is -2.09. The SMILES string of the molecule is CN(C)CCc1ccc2c(=O)[nH]ccc2c1. The molecular formula is C13H16N2O. The topological polar surface area (TPSA) is 36.1 Å². The molecule has 0 aliphatic carbocycles. The molecule has 0 saturated carbocycles. The molecule has 16 heavy (non-hydrogen) atoms. The number of likely N-dealkylation sites (N-methyl/N-ethyl adjacent to an activating group) is 1. The standard InChI is InChI=1S/C13H16N2O/c1-15(2)8-6-10-3-4-12-11(9-10)5-7-14-13(12)16/h3-5,7,9H,6,8H2,1-2H3,(H,14,16). The normalized spacial score (nSPS) is 11.2. The number of aromatic amines is 1. The molecule has 1 aromatic heterocycles. The van der Waals surface area contributed by atoms with Crippen LogP contribution in [0.15, 0.2) is 35.3 Å². The van der Waals surface area contributed by atoms with Crippen molar-refractivity contribution in [2.45, 2.75) is 6.42 Å². The zero-order chi connectivity index (χ0) is 11.5. The largest absolute Gasteiger partial charge is 0.329 e. The van der Waals surface area contributed by atoms with E-state index in [0.717, 1.165) is 23.7 Å². The monoisotopic (exact) mass is 216 g/mol. The maximum Gasteiger partial charge on any atom is 0.255 e. The van der Waals surface area contributed by atoms with Crippen LogP contribution < -0.4 is 5.56 Å². The molecule has 3 nitrogen and oxygen atoms in total. The second-order valence-corrected chi connectivity index (χ2v) is 4.28. The Hall–Kier alpha value is -1.61. The quantitative estimate of drug-likeness (QED) is 0.846. The molecule has 0 saturated heterocycles. The number of hydrogen-bond donors (Lipinski definition) is 1. The number of nitrogens with one attached hydrogen (secondary N) is 1. The number of nitrogens with zero attached hydrogens (tertiary/aromatic N) is 1. The summed E-state index contributed by atoms with van der Waals surface area (Å²) in [6.07, 6.45) is 2.70. The highest BCUT2D eigenvalue weighted by Gasteiger charge is 2.00. The van der Waals surface area contributed by atoms with Crippen LogP contribution in [-0.2, 0) is 6.42 Å². The summed E-state index contributed by atoms with van der Waals surface area (Å²) < 4.78 is 0. The molecule has 0 radical (unpaired) electrons. The second-order valence-electron chi connectivity index (χ2n) is 4.28. The maximum absolute atomic E-state index is 11.5. The number of pyridine rings is 1. The van der Waals surface area contributed by atoms with Crippen LogP contribution in [0.4, 0.5) is 0 Å². The summed E-state index contributed by atoms with van der Waals surface area (Å²) in [7, 11) is 4.12. The first kappa shape index (κ1) is 10.9. The van der Waals surface area contributed by atoms with E-state index >= 15 is 0 Å². The molecule has 2 rings (SSSR count). The molecule has 3 heteroatoms. The summed E-state index contributed by atoms with van der Waals surface area (Å²) in [5.41, 5.74) is 1.25. The Morgan fingerprint density at radius 1 is 1.25 bits per heavy atom. The number of aromatic nitrogens is 1. The van der Waals surface area contributed by atoms with Gasteiger partial charge in [0.2, 0.25) is 0 Å². The van der Waals surface area contributed by atoms with Crippen LogP contribution in [0.25, 0.3) is 10.8 Å². The van der Waals surface area contributed by atoms with Crippen molar-refractivity contribution in [3.8, 4) is 0 Å². The van der Waals surface area contributed by atoms with Crippen molar-refractivity contribution in [1.29, 1.82) is 0 Å². The molecule has 2 aromatic rings. The molecule has 0 aliphatic heterocycles. The summed E-state index contributed by atoms with van der Waals surface area (Å²) in [5.74, 6) is 0. The predicted molar refractivity (Wildman–Crippen MR) is 66.8 cm³/mol. The fourth-order valence-electron chi connectivity index (χ4n) is 1.75. The Morgan fingerprint density at radius 3 is 2.81 bits per heavy atom. The third-order valence-corrected chi connectivity index (χ3v) is 2.69. The lowest BCUT2D eigenvalue weighted by atomic mass is 10.1. The van der Waals surface area contributed by atoms with Gasteiger partial charge in [-0.15, -0.1) is 0 Å². The van der Waals surface area contributed by atoms with Crippen LogP contribution in [-0.4, -0.2) is 30.5 Å². The van der Waals surface area contributed by atoms with Gasteiger partial charge in [0.05, 0.1) is 0 Å². The molecule has 1 heterocycles. The van der Waals surface area contributed by atoms with Crippen LogP contribution >= 0.6 is 0 Å². The highest BCUT2D eigenvalue weighted by Crippen LogP contribution is 2.12. The lowest BCUT2D eigenvalue weighted by molar-refractivity contribution is 0.414. The number of fused-ring (bicyclic) bond motifs is 1. The minimum atomic E-state index is -0.0170. The van der Waals surface area contributed by atoms with Crippen LogP contribution in [0.5, 0.6) is 0 Å². The molecule has 0 atom stereocenters. The molecule has 0 amide bonds. The van der Waals surface area contributed by atoms with Gasteiger partial charge in [-0.2, -0.15) is 0 Å². The van der Waals surface area contributed by atoms with Gasteiger partial charge in [0, 0.05) is 18.1 Å². The number of benzene rings is 1. The molecular weight excluding hydrogens is 200 g/mol. The predicted octanol–water partition coefficient (Wildman–Crippen LogP) is 1.63. The van der Waals surface area contributed by atoms with Gasteiger partial charge < -0.3 is 9.88 Å². The Morgan fingerprint density at radius 2 is 2.06 bits per heavy atom. The maximum atomic E-state index is 11.5. The van der Waals surface area contributed by atoms with E-state index in [1.807, 2.05) is 18.2 Å². The van der Waals surface area contributed by atoms with Gasteiger partial charge in [-0.3, -0.25) is 4.79 Å². The first-order valence-electron chi connectivity index (χ1n) is 5.42. The van der Waals surface area contributed by atoms with Gasteiger partial charge in [-0.1, -0.05) is 12.1 Å². The van der Waals surface area contributed by atoms with Gasteiger partial charge in [0.15, 0.2) is 0 Å². The van der Waals surface area contributed by atoms with E-state index in [2.05, 4.69) is 30.0 Å². The van der Waals surface area contributed by atoms with Gasteiger partial charge in [-0.05, 0) is 43.6 Å². The van der Waals surface area contributed by atoms with E-state index < -0.39 is 0 Å². The minimum Gasteiger partial charge on any atom is -0.329 e. The van der Waals surface area contributed by atoms with Crippen LogP contribution in [0.3, 0.4) is 0 Å². The second kappa shape index (κ2) is 4.49. The fraction of sp³-hybridized carbons (Fsp3) is 0.308. The van der Waals surface area contributed by atoms with Crippen molar-refractivity contribution in [3.63, 3.8) is 0 Å². The summed E-state index contributed by atoms with van der Waals surface area (Å²) >= 11 is 0. The first-order chi connectivity index (χ1) is 7.66. The lowest BCUT2D eigenvalue weighted by Crippen LogP contribution is -2.15. The molecule has 84 valence electrons. The van der Waals surface area contributed by atoms with Crippen molar-refractivity contribution in [2.24, 2.45) is 0 Å². The Labute approximate surface area is 94.7 Å². The first-order valence-corrected chi connectivity index (χ1v) is 5.42. The van der Waals surface area contributed by atoms with E-state index in [9.17, 15) is 4.79 Å². The molecule has 0 spiro atoms. The van der Waals surface area contributed by atoms with Crippen molar-refractivity contribution >= 4 is 10.8 Å². The van der Waals surface area contributed by atoms with Gasteiger partial charge in [0.25, 0.3) is 5.56 Å². The molecule has 0 unspecified atom stereocenters. The Balaban J connectivity index is 2.34. The van der Waals surface area contributed by atoms with Gasteiger partial charge in [-0.25, -0.2) is 0 Å². The third-order valence-electron chi connectivity index (χ3n) is 2.69. The molecule has 1 N–H and O–H groups in total. The smallest absolute Gasteiger partial charge is 0.255 e. The third kappa shape index (κ3) is 2.31. The van der Waals surface area contributed by atoms with E-state index in [-0.39, 0.29) is 5.56 Å². The van der Waals surface area contributed by atoms with Crippen molar-refractivity contribution < 1.29 is 0 Å². The van der Waals surface area contributed by atoms with Crippen LogP contribution in [0.2, 0.25) is 0 Å². The number of hydrogen-bond acceptors (Lipinski definition) is 2. The van der Waals surface area contributed by atoms with E-state index in [1.165, 1.54) is 5.56 Å². The summed E-state index contributed by atoms with van der Waals surface area (Å²) in [4.78, 5) is 16.3. The van der Waals surface area contributed by atoms with E-state index in [0.29, 0.717) is 0 Å². The van der Waals surface area contributed by atoms with Crippen molar-refractivity contribution in [3.05, 3.63) is 46.4 Å². The van der Waals surface area contributed by atoms with Crippen LogP contribution in [0.1, 0.15) is 5.56 Å². The van der Waals surface area contributed by atoms with Gasteiger partial charge >= 0.3 is 0 Å². The summed E-state index contributed by atoms with van der Waals surface area (Å²) in [6.45, 7) is 1.02. The minimum absolute atomic E-state index is 0.0170. The van der Waals surface area contributed by atoms with Crippen molar-refractivity contribution in [1.82, 2.24) is 9.88 Å². The average molecular weight is 216 g/mol. The summed E-state index contributed by atoms with van der Waals surface area (Å²) in [5, 5.41) is 1.77. The Kier molecular flexibility index (Phi) is 3.06. The zero-order valence-corrected chi connectivity index (χ0v) is 9.66. The average Bonchev–Trinajstić information content (AvgIpc) is 2.26.